The fourth-order valence-corrected chi connectivity index (χ4v) is 4.73. The molecule has 1 aromatic rings. The number of amides is 3. The topological polar surface area (TPSA) is 110 Å². The number of anilines is 1. The minimum absolute atomic E-state index is 0. The summed E-state index contributed by atoms with van der Waals surface area (Å²) in [6, 6.07) is 6.26. The smallest absolute Gasteiger partial charge is 0.545 e. The summed E-state index contributed by atoms with van der Waals surface area (Å²) in [5.41, 5.74) is 0.655. The van der Waals surface area contributed by atoms with E-state index in [2.05, 4.69) is 16.0 Å². The molecule has 0 spiro atoms. The van der Waals surface area contributed by atoms with Crippen LogP contribution in [0.3, 0.4) is 0 Å². The number of hydrogen-bond acceptors (Lipinski definition) is 5. The second-order valence-electron chi connectivity index (χ2n) is 6.28. The second-order valence-corrected chi connectivity index (χ2v) is 7.55. The van der Waals surface area contributed by atoms with Crippen molar-refractivity contribution in [2.45, 2.75) is 43.0 Å². The Labute approximate surface area is 178 Å². The molecule has 26 heavy (non-hydrogen) atoms. The van der Waals surface area contributed by atoms with E-state index < -0.39 is 5.97 Å². The van der Waals surface area contributed by atoms with Crippen LogP contribution in [0.25, 0.3) is 0 Å². The van der Waals surface area contributed by atoms with E-state index >= 15 is 0 Å². The summed E-state index contributed by atoms with van der Waals surface area (Å²) < 4.78 is 0. The van der Waals surface area contributed by atoms with Crippen molar-refractivity contribution in [2.75, 3.05) is 11.1 Å². The molecule has 9 heteroatoms. The number of hydrogen-bond donors (Lipinski definition) is 3. The van der Waals surface area contributed by atoms with E-state index in [0.29, 0.717) is 17.4 Å². The molecule has 3 N–H and O–H groups in total. The maximum absolute atomic E-state index is 11.9. The van der Waals surface area contributed by atoms with E-state index in [4.69, 9.17) is 0 Å². The van der Waals surface area contributed by atoms with Crippen molar-refractivity contribution in [1.29, 1.82) is 0 Å². The van der Waals surface area contributed by atoms with Crippen LogP contribution in [0.5, 0.6) is 0 Å². The maximum atomic E-state index is 11.9. The molecule has 2 fully saturated rings. The van der Waals surface area contributed by atoms with E-state index in [1.54, 1.807) is 12.1 Å². The van der Waals surface area contributed by atoms with Gasteiger partial charge in [0.2, 0.25) is 5.91 Å². The first-order valence-electron chi connectivity index (χ1n) is 8.33. The molecule has 0 bridgehead atoms. The number of aromatic carboxylic acids is 1. The van der Waals surface area contributed by atoms with Crippen LogP contribution in [0.1, 0.15) is 36.0 Å². The van der Waals surface area contributed by atoms with Gasteiger partial charge in [0.1, 0.15) is 0 Å². The molecule has 2 saturated heterocycles. The molecule has 3 rings (SSSR count). The zero-order chi connectivity index (χ0) is 17.8. The number of rotatable bonds is 7. The number of nitrogens with one attached hydrogen (secondary N) is 3. The summed E-state index contributed by atoms with van der Waals surface area (Å²) in [5.74, 6) is -0.385. The summed E-state index contributed by atoms with van der Waals surface area (Å²) in [4.78, 5) is 34.0. The van der Waals surface area contributed by atoms with Gasteiger partial charge in [-0.15, -0.1) is 0 Å². The Kier molecular flexibility index (Phi) is 7.82. The third kappa shape index (κ3) is 5.39. The van der Waals surface area contributed by atoms with E-state index in [-0.39, 0.29) is 59.1 Å². The predicted octanol–water partition coefficient (Wildman–Crippen LogP) is -2.28. The summed E-state index contributed by atoms with van der Waals surface area (Å²) in [6.07, 6.45) is 3.09. The number of carbonyl (C=O) groups excluding carboxylic acids is 3. The van der Waals surface area contributed by atoms with Crippen LogP contribution >= 0.6 is 11.8 Å². The molecular weight excluding hydrogens is 365 g/mol. The number of unbranched alkanes of at least 4 members (excludes halogenated alkanes) is 1. The monoisotopic (exact) mass is 385 g/mol. The molecule has 0 radical (unpaired) electrons. The molecule has 3 atom stereocenters. The van der Waals surface area contributed by atoms with Crippen molar-refractivity contribution in [3.05, 3.63) is 29.8 Å². The molecule has 2 heterocycles. The van der Waals surface area contributed by atoms with Crippen LogP contribution in [-0.2, 0) is 4.79 Å². The van der Waals surface area contributed by atoms with Crippen LogP contribution in [0.2, 0.25) is 0 Å². The fraction of sp³-hybridized carbons (Fsp3) is 0.471. The molecule has 0 aromatic heterocycles. The predicted molar refractivity (Wildman–Crippen MR) is 93.4 cm³/mol. The zero-order valence-corrected chi connectivity index (χ0v) is 17.4. The van der Waals surface area contributed by atoms with Gasteiger partial charge in [-0.25, -0.2) is 4.79 Å². The second kappa shape index (κ2) is 9.64. The van der Waals surface area contributed by atoms with Crippen molar-refractivity contribution in [2.24, 2.45) is 0 Å². The summed E-state index contributed by atoms with van der Waals surface area (Å²) in [6.45, 7) is 0. The van der Waals surface area contributed by atoms with Crippen LogP contribution in [0.4, 0.5) is 10.5 Å². The van der Waals surface area contributed by atoms with Gasteiger partial charge in [-0.1, -0.05) is 18.6 Å². The van der Waals surface area contributed by atoms with E-state index in [1.165, 1.54) is 12.1 Å². The Balaban J connectivity index is 0.00000243. The normalized spacial score (nSPS) is 23.4. The molecule has 7 nitrogen and oxygen atoms in total. The fourth-order valence-electron chi connectivity index (χ4n) is 3.19. The Morgan fingerprint density at radius 1 is 1.19 bits per heavy atom. The van der Waals surface area contributed by atoms with Gasteiger partial charge in [0.15, 0.2) is 0 Å². The molecule has 134 valence electrons. The van der Waals surface area contributed by atoms with Gasteiger partial charge >= 0.3 is 35.6 Å². The third-order valence-corrected chi connectivity index (χ3v) is 5.99. The minimum atomic E-state index is -1.24. The molecule has 0 aliphatic carbocycles. The van der Waals surface area contributed by atoms with Crippen molar-refractivity contribution in [3.8, 4) is 0 Å². The maximum Gasteiger partial charge on any atom is 1.00 e. The first-order valence-corrected chi connectivity index (χ1v) is 9.38. The van der Waals surface area contributed by atoms with Gasteiger partial charge in [0, 0.05) is 23.1 Å². The number of benzene rings is 1. The number of urea groups is 1. The SMILES string of the molecule is O=C(CCCCC1SCC2NC(=O)NC21)Nc1ccc(C(=O)[O-])cc1.[Na+]. The van der Waals surface area contributed by atoms with Crippen molar-refractivity contribution < 1.29 is 49.0 Å². The molecule has 2 aliphatic heterocycles. The molecule has 3 amide bonds. The Hall–Kier alpha value is -1.22. The van der Waals surface area contributed by atoms with Crippen molar-refractivity contribution in [1.82, 2.24) is 10.6 Å². The first-order chi connectivity index (χ1) is 12.0. The summed E-state index contributed by atoms with van der Waals surface area (Å²) in [5, 5.41) is 19.7. The quantitative estimate of drug-likeness (QED) is 0.278. The Bertz CT molecular complexity index is 670. The average molecular weight is 385 g/mol. The van der Waals surface area contributed by atoms with Gasteiger partial charge in [0.05, 0.1) is 18.1 Å². The van der Waals surface area contributed by atoms with Gasteiger partial charge < -0.3 is 25.9 Å². The average Bonchev–Trinajstić information content (AvgIpc) is 3.11. The first kappa shape index (κ1) is 21.1. The largest absolute Gasteiger partial charge is 1.00 e. The molecule has 0 saturated carbocycles. The van der Waals surface area contributed by atoms with Crippen LogP contribution < -0.4 is 50.6 Å². The summed E-state index contributed by atoms with van der Waals surface area (Å²) >= 11 is 1.87. The molecular formula is C17H20N3NaO4S. The van der Waals surface area contributed by atoms with Gasteiger partial charge in [-0.05, 0) is 30.5 Å². The number of thioether (sulfide) groups is 1. The number of fused-ring (bicyclic) bond motifs is 1. The van der Waals surface area contributed by atoms with Gasteiger partial charge in [-0.3, -0.25) is 4.79 Å². The number of carbonyl (C=O) groups is 3. The molecule has 2 aliphatic rings. The summed E-state index contributed by atoms with van der Waals surface area (Å²) in [7, 11) is 0. The zero-order valence-electron chi connectivity index (χ0n) is 14.6. The van der Waals surface area contributed by atoms with E-state index in [9.17, 15) is 19.5 Å². The molecule has 1 aromatic carbocycles. The standard InChI is InChI=1S/C17H21N3O4S.Na/c21-14(18-11-7-5-10(6-8-11)16(22)23)4-2-1-3-13-15-12(9-25-13)19-17(24)20-15;/h5-8,12-13,15H,1-4,9H2,(H,18,21)(H,22,23)(H2,19,20,24);/q;+1/p-1. The Morgan fingerprint density at radius 2 is 1.92 bits per heavy atom. The van der Waals surface area contributed by atoms with Crippen LogP contribution in [0.15, 0.2) is 24.3 Å². The number of carboxylic acids is 1. The van der Waals surface area contributed by atoms with Crippen LogP contribution in [-0.4, -0.2) is 41.0 Å². The van der Waals surface area contributed by atoms with Gasteiger partial charge in [-0.2, -0.15) is 11.8 Å². The minimum Gasteiger partial charge on any atom is -0.545 e. The van der Waals surface area contributed by atoms with Crippen molar-refractivity contribution in [3.63, 3.8) is 0 Å². The van der Waals surface area contributed by atoms with Crippen molar-refractivity contribution >= 4 is 35.4 Å². The van der Waals surface area contributed by atoms with E-state index in [0.717, 1.165) is 25.0 Å². The third-order valence-electron chi connectivity index (χ3n) is 4.48. The van der Waals surface area contributed by atoms with Gasteiger partial charge in [0.25, 0.3) is 0 Å². The van der Waals surface area contributed by atoms with Crippen LogP contribution in [0, 0.1) is 0 Å². The van der Waals surface area contributed by atoms with E-state index in [1.807, 2.05) is 11.8 Å². The number of carboxylic acid groups (broad SMARTS) is 1. The Morgan fingerprint density at radius 3 is 2.62 bits per heavy atom. The molecule has 3 unspecified atom stereocenters.